The van der Waals surface area contributed by atoms with Gasteiger partial charge in [0.15, 0.2) is 23.4 Å². The van der Waals surface area contributed by atoms with Gasteiger partial charge in [0.2, 0.25) is 6.29 Å². The molecule has 1 fully saturated rings. The molecule has 0 bridgehead atoms. The van der Waals surface area contributed by atoms with Crippen molar-refractivity contribution in [3.8, 4) is 17.2 Å². The van der Waals surface area contributed by atoms with Gasteiger partial charge < -0.3 is 59.8 Å². The van der Waals surface area contributed by atoms with Crippen LogP contribution in [0.1, 0.15) is 33.8 Å². The van der Waals surface area contributed by atoms with E-state index in [2.05, 4.69) is 0 Å². The number of phenolic OH excluding ortho intramolecular Hbond substituents is 3. The largest absolute Gasteiger partial charge is 0.504 e. The molecule has 0 aromatic heterocycles. The van der Waals surface area contributed by atoms with Gasteiger partial charge in [-0.1, -0.05) is 24.3 Å². The van der Waals surface area contributed by atoms with E-state index in [9.17, 15) is 60.0 Å². The second-order valence-corrected chi connectivity index (χ2v) is 9.91. The fraction of sp³-hybridized carbons (Fsp3) is 0.407. The number of hydrogen-bond donors (Lipinski definition) is 8. The molecule has 2 aromatic carbocycles. The molecule has 4 rings (SSSR count). The predicted molar refractivity (Wildman–Crippen MR) is 136 cm³/mol. The number of carbonyl (C=O) groups excluding carboxylic acids is 2. The van der Waals surface area contributed by atoms with Crippen LogP contribution in [0.4, 0.5) is 0 Å². The lowest BCUT2D eigenvalue weighted by Gasteiger charge is -2.40. The van der Waals surface area contributed by atoms with Gasteiger partial charge in [0.05, 0.1) is 24.5 Å². The number of esters is 2. The third-order valence-corrected chi connectivity index (χ3v) is 7.12. The summed E-state index contributed by atoms with van der Waals surface area (Å²) >= 11 is 0. The molecule has 43 heavy (non-hydrogen) atoms. The number of fused-ring (bicyclic) bond motifs is 1. The zero-order chi connectivity index (χ0) is 31.6. The second kappa shape index (κ2) is 12.8. The van der Waals surface area contributed by atoms with Crippen LogP contribution in [-0.2, 0) is 39.9 Å². The van der Waals surface area contributed by atoms with Crippen LogP contribution in [0.5, 0.6) is 17.2 Å². The zero-order valence-electron chi connectivity index (χ0n) is 22.0. The first-order valence-electron chi connectivity index (χ1n) is 12.8. The Morgan fingerprint density at radius 2 is 1.58 bits per heavy atom. The monoisotopic (exact) mass is 608 g/mol. The molecule has 16 nitrogen and oxygen atoms in total. The number of hydrogen-bond acceptors (Lipinski definition) is 14. The highest BCUT2D eigenvalue weighted by molar-refractivity contribution is 5.91. The molecular formula is C27H28O16. The Morgan fingerprint density at radius 3 is 2.21 bits per heavy atom. The highest BCUT2D eigenvalue weighted by Gasteiger charge is 2.48. The number of carboxylic acid groups (broad SMARTS) is 2. The SMILES string of the molecule is O=C(O)C[C@H](C(=O)OC[C@H]1O[C@@H](OC(=O)c2cc(O)c(O)c(O)c2)[C@H](O)[C@@H](O)[C@@H]1O)[C@H]1c2ccccc2CO[C@@H]1C(=O)O. The maximum absolute atomic E-state index is 13.3. The van der Waals surface area contributed by atoms with E-state index in [-0.39, 0.29) is 6.61 Å². The molecule has 0 saturated carbocycles. The van der Waals surface area contributed by atoms with Crippen molar-refractivity contribution in [2.75, 3.05) is 6.61 Å². The highest BCUT2D eigenvalue weighted by atomic mass is 16.7. The minimum Gasteiger partial charge on any atom is -0.504 e. The van der Waals surface area contributed by atoms with E-state index in [1.165, 1.54) is 0 Å². The second-order valence-electron chi connectivity index (χ2n) is 9.91. The highest BCUT2D eigenvalue weighted by Crippen LogP contribution is 2.40. The fourth-order valence-corrected chi connectivity index (χ4v) is 4.95. The summed E-state index contributed by atoms with van der Waals surface area (Å²) in [5, 5.41) is 79.0. The average molecular weight is 609 g/mol. The van der Waals surface area contributed by atoms with E-state index >= 15 is 0 Å². The molecule has 0 aliphatic carbocycles. The van der Waals surface area contributed by atoms with Crippen LogP contribution in [0, 0.1) is 5.92 Å². The topological polar surface area (TPSA) is 267 Å². The molecule has 8 atom stereocenters. The summed E-state index contributed by atoms with van der Waals surface area (Å²) in [4.78, 5) is 49.4. The number of carbonyl (C=O) groups is 4. The van der Waals surface area contributed by atoms with Crippen LogP contribution in [0.2, 0.25) is 0 Å². The maximum Gasteiger partial charge on any atom is 0.340 e. The van der Waals surface area contributed by atoms with Crippen molar-refractivity contribution in [3.63, 3.8) is 0 Å². The van der Waals surface area contributed by atoms with E-state index in [1.807, 2.05) is 0 Å². The standard InChI is InChI=1S/C27H28O16/c28-14-5-11(6-15(29)19(14)32)25(38)43-27-22(35)21(34)20(33)16(42-27)9-41-26(39)13(7-17(30)31)18-12-4-2-1-3-10(12)8-40-23(18)24(36)37/h1-6,13,16,18,20-23,27-29,32-35H,7-9H2,(H,30,31)(H,36,37)/t13-,16+,18+,20+,21-,22+,23-,27-/m0/s1. The van der Waals surface area contributed by atoms with E-state index in [0.29, 0.717) is 11.1 Å². The van der Waals surface area contributed by atoms with Gasteiger partial charge in [0.1, 0.15) is 31.0 Å². The van der Waals surface area contributed by atoms with Crippen molar-refractivity contribution >= 4 is 23.9 Å². The number of phenols is 3. The summed E-state index contributed by atoms with van der Waals surface area (Å²) in [5.74, 6) is -10.9. The van der Waals surface area contributed by atoms with Crippen LogP contribution >= 0.6 is 0 Å². The van der Waals surface area contributed by atoms with Crippen LogP contribution in [0.3, 0.4) is 0 Å². The van der Waals surface area contributed by atoms with Crippen LogP contribution in [-0.4, -0.2) is 108 Å². The summed E-state index contributed by atoms with van der Waals surface area (Å²) in [6, 6.07) is 7.88. The fourth-order valence-electron chi connectivity index (χ4n) is 4.95. The number of carboxylic acids is 2. The summed E-state index contributed by atoms with van der Waals surface area (Å²) in [5.41, 5.74) is 0.415. The van der Waals surface area contributed by atoms with E-state index in [4.69, 9.17) is 18.9 Å². The average Bonchev–Trinajstić information content (AvgIpc) is 2.97. The lowest BCUT2D eigenvalue weighted by atomic mass is 9.77. The Hall–Kier alpha value is -4.48. The molecule has 232 valence electrons. The summed E-state index contributed by atoms with van der Waals surface area (Å²) < 4.78 is 21.0. The summed E-state index contributed by atoms with van der Waals surface area (Å²) in [6.07, 6.45) is -12.0. The molecule has 0 radical (unpaired) electrons. The van der Waals surface area contributed by atoms with Gasteiger partial charge in [-0.05, 0) is 23.3 Å². The molecule has 16 heteroatoms. The minimum atomic E-state index is -2.02. The third-order valence-electron chi connectivity index (χ3n) is 7.12. The molecule has 2 heterocycles. The maximum atomic E-state index is 13.3. The third kappa shape index (κ3) is 6.63. The number of aromatic hydroxyl groups is 3. The van der Waals surface area contributed by atoms with Crippen molar-refractivity contribution in [2.45, 2.75) is 55.8 Å². The van der Waals surface area contributed by atoms with Gasteiger partial charge in [0, 0.05) is 5.92 Å². The number of aliphatic hydroxyl groups is 3. The Kier molecular flexibility index (Phi) is 9.37. The number of benzene rings is 2. The van der Waals surface area contributed by atoms with Gasteiger partial charge in [-0.25, -0.2) is 9.59 Å². The van der Waals surface area contributed by atoms with Crippen molar-refractivity contribution in [1.29, 1.82) is 0 Å². The lowest BCUT2D eigenvalue weighted by Crippen LogP contribution is -2.59. The minimum absolute atomic E-state index is 0.0930. The van der Waals surface area contributed by atoms with E-state index < -0.39 is 108 Å². The normalized spacial score (nSPS) is 27.4. The van der Waals surface area contributed by atoms with Gasteiger partial charge in [-0.3, -0.25) is 9.59 Å². The number of rotatable bonds is 9. The molecule has 0 amide bonds. The lowest BCUT2D eigenvalue weighted by molar-refractivity contribution is -0.286. The number of aliphatic hydroxyl groups excluding tert-OH is 3. The first-order valence-corrected chi connectivity index (χ1v) is 12.8. The quantitative estimate of drug-likeness (QED) is 0.127. The van der Waals surface area contributed by atoms with E-state index in [1.54, 1.807) is 24.3 Å². The van der Waals surface area contributed by atoms with Crippen molar-refractivity contribution in [3.05, 3.63) is 53.1 Å². The molecule has 2 aromatic rings. The van der Waals surface area contributed by atoms with E-state index in [0.717, 1.165) is 12.1 Å². The first-order chi connectivity index (χ1) is 20.3. The van der Waals surface area contributed by atoms with Gasteiger partial charge in [-0.2, -0.15) is 0 Å². The van der Waals surface area contributed by atoms with Crippen LogP contribution in [0.15, 0.2) is 36.4 Å². The van der Waals surface area contributed by atoms with Crippen molar-refractivity contribution in [1.82, 2.24) is 0 Å². The Morgan fingerprint density at radius 1 is 0.930 bits per heavy atom. The van der Waals surface area contributed by atoms with Crippen LogP contribution in [0.25, 0.3) is 0 Å². The smallest absolute Gasteiger partial charge is 0.340 e. The molecular weight excluding hydrogens is 580 g/mol. The predicted octanol–water partition coefficient (Wildman–Crippen LogP) is -0.831. The zero-order valence-corrected chi connectivity index (χ0v) is 22.0. The van der Waals surface area contributed by atoms with Gasteiger partial charge >= 0.3 is 23.9 Å². The Balaban J connectivity index is 1.51. The number of aliphatic carboxylic acids is 2. The molecule has 0 unspecified atom stereocenters. The molecule has 2 aliphatic rings. The molecule has 2 aliphatic heterocycles. The van der Waals surface area contributed by atoms with Gasteiger partial charge in [0.25, 0.3) is 0 Å². The Labute approximate surface area is 241 Å². The molecule has 1 saturated heterocycles. The summed E-state index contributed by atoms with van der Waals surface area (Å²) in [6.45, 7) is -0.952. The number of ether oxygens (including phenoxy) is 4. The molecule has 0 spiro atoms. The molecule has 8 N–H and O–H groups in total. The van der Waals surface area contributed by atoms with Crippen LogP contribution < -0.4 is 0 Å². The van der Waals surface area contributed by atoms with Crippen molar-refractivity contribution < 1.29 is 79.0 Å². The van der Waals surface area contributed by atoms with Gasteiger partial charge in [-0.15, -0.1) is 0 Å². The van der Waals surface area contributed by atoms with Crippen molar-refractivity contribution in [2.24, 2.45) is 5.92 Å². The Bertz CT molecular complexity index is 1370. The summed E-state index contributed by atoms with van der Waals surface area (Å²) in [7, 11) is 0. The first kappa shape index (κ1) is 31.5.